The summed E-state index contributed by atoms with van der Waals surface area (Å²) in [7, 11) is 0. The summed E-state index contributed by atoms with van der Waals surface area (Å²) in [5, 5.41) is -0.261. The third kappa shape index (κ3) is 3.18. The number of hydrogen-bond donors (Lipinski definition) is 0. The molecule has 0 saturated carbocycles. The Kier molecular flexibility index (Phi) is 4.54. The van der Waals surface area contributed by atoms with Gasteiger partial charge in [-0.3, -0.25) is 14.5 Å². The molecule has 1 saturated heterocycles. The normalized spacial score (nSPS) is 16.4. The van der Waals surface area contributed by atoms with Crippen molar-refractivity contribution in [3.8, 4) is 5.69 Å². The molecule has 116 valence electrons. The minimum Gasteiger partial charge on any atom is -0.317 e. The van der Waals surface area contributed by atoms with Crippen molar-refractivity contribution in [3.05, 3.63) is 70.3 Å². The molecule has 23 heavy (non-hydrogen) atoms. The van der Waals surface area contributed by atoms with Crippen molar-refractivity contribution >= 4 is 44.9 Å². The van der Waals surface area contributed by atoms with E-state index >= 15 is 0 Å². The van der Waals surface area contributed by atoms with E-state index in [9.17, 15) is 9.59 Å². The van der Waals surface area contributed by atoms with Gasteiger partial charge in [-0.2, -0.15) is 0 Å². The predicted octanol–water partition coefficient (Wildman–Crippen LogP) is 4.46. The molecule has 0 radical (unpaired) electrons. The van der Waals surface area contributed by atoms with Crippen LogP contribution in [0.15, 0.2) is 64.6 Å². The third-order valence-electron chi connectivity index (χ3n) is 3.35. The van der Waals surface area contributed by atoms with E-state index in [1.54, 1.807) is 12.2 Å². The molecule has 6 heteroatoms. The number of benzene rings is 1. The molecule has 0 atom stereocenters. The number of amides is 2. The number of nitrogens with zero attached hydrogens (tertiary/aromatic N) is 2. The second kappa shape index (κ2) is 6.60. The monoisotopic (exact) mass is 388 g/mol. The Labute approximate surface area is 146 Å². The number of carbonyl (C=O) groups is 2. The molecule has 1 aliphatic rings. The number of carbonyl (C=O) groups excluding carboxylic acids is 2. The molecule has 1 aromatic heterocycles. The van der Waals surface area contributed by atoms with E-state index in [4.69, 9.17) is 0 Å². The third-order valence-corrected chi connectivity index (χ3v) is 4.79. The van der Waals surface area contributed by atoms with Gasteiger partial charge in [-0.25, -0.2) is 0 Å². The van der Waals surface area contributed by atoms with Gasteiger partial charge in [0.15, 0.2) is 0 Å². The molecule has 2 aromatic rings. The van der Waals surface area contributed by atoms with Crippen LogP contribution in [-0.2, 0) is 4.79 Å². The first kappa shape index (κ1) is 15.8. The molecular weight excluding hydrogens is 376 g/mol. The first-order chi connectivity index (χ1) is 11.1. The average molecular weight is 389 g/mol. The zero-order valence-electron chi connectivity index (χ0n) is 12.1. The number of halogens is 1. The Balaban J connectivity index is 1.94. The number of imide groups is 1. The van der Waals surface area contributed by atoms with Gasteiger partial charge in [-0.05, 0) is 54.2 Å². The molecule has 1 aliphatic heterocycles. The summed E-state index contributed by atoms with van der Waals surface area (Å²) in [5.74, 6) is -0.275. The quantitative estimate of drug-likeness (QED) is 0.573. The molecule has 2 heterocycles. The molecule has 0 N–H and O–H groups in total. The Morgan fingerprint density at radius 1 is 1.17 bits per heavy atom. The van der Waals surface area contributed by atoms with Gasteiger partial charge in [0.25, 0.3) is 11.1 Å². The van der Waals surface area contributed by atoms with E-state index in [-0.39, 0.29) is 17.7 Å². The van der Waals surface area contributed by atoms with E-state index in [0.717, 1.165) is 27.6 Å². The highest BCUT2D eigenvalue weighted by Gasteiger charge is 2.34. The lowest BCUT2D eigenvalue weighted by molar-refractivity contribution is -0.122. The van der Waals surface area contributed by atoms with Crippen LogP contribution in [-0.4, -0.2) is 27.2 Å². The molecule has 1 aromatic carbocycles. The second-order valence-electron chi connectivity index (χ2n) is 4.86. The molecule has 1 fully saturated rings. The minimum absolute atomic E-state index is 0.232. The van der Waals surface area contributed by atoms with Crippen LogP contribution in [0.1, 0.15) is 5.69 Å². The Bertz CT molecular complexity index is 808. The van der Waals surface area contributed by atoms with Crippen LogP contribution in [0.3, 0.4) is 0 Å². The fraction of sp³-hybridized carbons (Fsp3) is 0.0588. The number of aromatic nitrogens is 1. The van der Waals surface area contributed by atoms with E-state index in [1.807, 2.05) is 47.2 Å². The van der Waals surface area contributed by atoms with Gasteiger partial charge in [0.2, 0.25) is 0 Å². The van der Waals surface area contributed by atoms with E-state index in [2.05, 4.69) is 22.5 Å². The zero-order chi connectivity index (χ0) is 16.4. The molecule has 2 amide bonds. The smallest absolute Gasteiger partial charge is 0.293 e. The largest absolute Gasteiger partial charge is 0.317 e. The maximum atomic E-state index is 12.3. The topological polar surface area (TPSA) is 42.3 Å². The van der Waals surface area contributed by atoms with Crippen molar-refractivity contribution in [2.24, 2.45) is 0 Å². The van der Waals surface area contributed by atoms with Gasteiger partial charge in [-0.15, -0.1) is 6.58 Å². The highest BCUT2D eigenvalue weighted by molar-refractivity contribution is 9.10. The van der Waals surface area contributed by atoms with Gasteiger partial charge in [0, 0.05) is 28.6 Å². The fourth-order valence-corrected chi connectivity index (χ4v) is 3.37. The van der Waals surface area contributed by atoms with Gasteiger partial charge < -0.3 is 4.57 Å². The minimum atomic E-state index is -0.275. The van der Waals surface area contributed by atoms with Gasteiger partial charge >= 0.3 is 0 Å². The molecule has 0 unspecified atom stereocenters. The molecule has 0 aliphatic carbocycles. The van der Waals surface area contributed by atoms with Crippen LogP contribution < -0.4 is 0 Å². The van der Waals surface area contributed by atoms with Crippen LogP contribution in [0.2, 0.25) is 0 Å². The molecule has 0 bridgehead atoms. The SMILES string of the molecule is C=CCN1C(=O)S/C(=C\c2cccn2-c2ccc(Br)cc2)C1=O. The Morgan fingerprint density at radius 2 is 1.91 bits per heavy atom. The number of hydrogen-bond acceptors (Lipinski definition) is 3. The second-order valence-corrected chi connectivity index (χ2v) is 6.77. The number of thioether (sulfide) groups is 1. The van der Waals surface area contributed by atoms with Crippen LogP contribution in [0.5, 0.6) is 0 Å². The summed E-state index contributed by atoms with van der Waals surface area (Å²) in [4.78, 5) is 25.8. The van der Waals surface area contributed by atoms with Crippen LogP contribution in [0.25, 0.3) is 11.8 Å². The highest BCUT2D eigenvalue weighted by atomic mass is 79.9. The van der Waals surface area contributed by atoms with E-state index in [1.165, 1.54) is 4.90 Å². The van der Waals surface area contributed by atoms with E-state index < -0.39 is 0 Å². The summed E-state index contributed by atoms with van der Waals surface area (Å²) < 4.78 is 2.97. The standard InChI is InChI=1S/C17H13BrN2O2S/c1-2-9-20-16(21)15(23-17(20)22)11-14-4-3-10-19(14)13-7-5-12(18)6-8-13/h2-8,10-11H,1,9H2/b15-11-. The fourth-order valence-electron chi connectivity index (χ4n) is 2.27. The first-order valence-corrected chi connectivity index (χ1v) is 8.50. The summed E-state index contributed by atoms with van der Waals surface area (Å²) in [6, 6.07) is 11.7. The molecule has 3 rings (SSSR count). The van der Waals surface area contributed by atoms with Gasteiger partial charge in [0.1, 0.15) is 0 Å². The Morgan fingerprint density at radius 3 is 2.61 bits per heavy atom. The zero-order valence-corrected chi connectivity index (χ0v) is 14.5. The highest BCUT2D eigenvalue weighted by Crippen LogP contribution is 2.32. The molecule has 4 nitrogen and oxygen atoms in total. The lowest BCUT2D eigenvalue weighted by Gasteiger charge is -2.08. The first-order valence-electron chi connectivity index (χ1n) is 6.89. The van der Waals surface area contributed by atoms with Crippen LogP contribution in [0.4, 0.5) is 4.79 Å². The lowest BCUT2D eigenvalue weighted by atomic mass is 10.3. The maximum absolute atomic E-state index is 12.3. The summed E-state index contributed by atoms with van der Waals surface area (Å²) in [6.07, 6.45) is 5.21. The van der Waals surface area contributed by atoms with Gasteiger partial charge in [0.05, 0.1) is 4.91 Å². The van der Waals surface area contributed by atoms with Crippen molar-refractivity contribution in [3.63, 3.8) is 0 Å². The maximum Gasteiger partial charge on any atom is 0.293 e. The summed E-state index contributed by atoms with van der Waals surface area (Å²) in [6.45, 7) is 3.80. The average Bonchev–Trinajstić information content (AvgIpc) is 3.09. The van der Waals surface area contributed by atoms with Crippen molar-refractivity contribution < 1.29 is 9.59 Å². The Hall–Kier alpha value is -2.05. The summed E-state index contributed by atoms with van der Waals surface area (Å²) >= 11 is 4.37. The van der Waals surface area contributed by atoms with Crippen LogP contribution >= 0.6 is 27.7 Å². The van der Waals surface area contributed by atoms with E-state index in [0.29, 0.717) is 4.91 Å². The predicted molar refractivity (Wildman–Crippen MR) is 96.3 cm³/mol. The number of rotatable bonds is 4. The molecule has 0 spiro atoms. The van der Waals surface area contributed by atoms with Crippen molar-refractivity contribution in [2.45, 2.75) is 0 Å². The van der Waals surface area contributed by atoms with Crippen molar-refractivity contribution in [1.29, 1.82) is 0 Å². The van der Waals surface area contributed by atoms with Gasteiger partial charge in [-0.1, -0.05) is 22.0 Å². The lowest BCUT2D eigenvalue weighted by Crippen LogP contribution is -2.27. The summed E-state index contributed by atoms with van der Waals surface area (Å²) in [5.41, 5.74) is 1.83. The van der Waals surface area contributed by atoms with Crippen molar-refractivity contribution in [2.75, 3.05) is 6.54 Å². The van der Waals surface area contributed by atoms with Crippen LogP contribution in [0, 0.1) is 0 Å². The van der Waals surface area contributed by atoms with Crippen molar-refractivity contribution in [1.82, 2.24) is 9.47 Å². The molecular formula is C17H13BrN2O2S.